The summed E-state index contributed by atoms with van der Waals surface area (Å²) in [7, 11) is -3.84. The maximum Gasteiger partial charge on any atom is 0.229 e. The highest BCUT2D eigenvalue weighted by Crippen LogP contribution is 2.41. The molecule has 0 N–H and O–H groups in total. The highest BCUT2D eigenvalue weighted by atomic mass is 32.2. The predicted octanol–water partition coefficient (Wildman–Crippen LogP) is 3.87. The zero-order chi connectivity index (χ0) is 19.0. The van der Waals surface area contributed by atoms with Crippen molar-refractivity contribution in [2.45, 2.75) is 23.1 Å². The predicted molar refractivity (Wildman–Crippen MR) is 97.3 cm³/mol. The number of carbonyl (C=O) groups excluding carboxylic acids is 1. The fourth-order valence-electron chi connectivity index (χ4n) is 3.31. The standard InChI is InChI=1S/C20H16FNO4S/c21-15-6-3-5-14(11-15)13-22-16-7-1-2-9-18(16)27(24,25)19(12-20(22)23)17-8-4-10-26-17/h1-11,19H,12-13H2. The minimum Gasteiger partial charge on any atom is -0.468 e. The summed E-state index contributed by atoms with van der Waals surface area (Å²) in [6.45, 7) is 0.0774. The summed E-state index contributed by atoms with van der Waals surface area (Å²) in [5, 5.41) is -1.10. The van der Waals surface area contributed by atoms with Crippen molar-refractivity contribution in [3.63, 3.8) is 0 Å². The second kappa shape index (κ2) is 6.66. The Hall–Kier alpha value is -2.93. The molecule has 1 aromatic heterocycles. The van der Waals surface area contributed by atoms with E-state index in [-0.39, 0.29) is 29.5 Å². The molecule has 1 aliphatic rings. The van der Waals surface area contributed by atoms with Gasteiger partial charge in [-0.3, -0.25) is 4.79 Å². The number of para-hydroxylation sites is 1. The van der Waals surface area contributed by atoms with Gasteiger partial charge in [0.1, 0.15) is 16.8 Å². The minimum atomic E-state index is -3.84. The average Bonchev–Trinajstić information content (AvgIpc) is 3.15. The van der Waals surface area contributed by atoms with Crippen LogP contribution in [0.15, 0.2) is 76.2 Å². The van der Waals surface area contributed by atoms with Crippen molar-refractivity contribution in [3.05, 3.63) is 84.1 Å². The molecule has 0 saturated carbocycles. The van der Waals surface area contributed by atoms with Gasteiger partial charge in [-0.25, -0.2) is 12.8 Å². The number of hydrogen-bond acceptors (Lipinski definition) is 4. The van der Waals surface area contributed by atoms with Gasteiger partial charge in [0.25, 0.3) is 0 Å². The van der Waals surface area contributed by atoms with Crippen LogP contribution in [0.25, 0.3) is 0 Å². The Labute approximate surface area is 156 Å². The van der Waals surface area contributed by atoms with Gasteiger partial charge >= 0.3 is 0 Å². The van der Waals surface area contributed by atoms with E-state index in [0.717, 1.165) is 0 Å². The summed E-state index contributed by atoms with van der Waals surface area (Å²) in [6.07, 6.45) is 1.14. The van der Waals surface area contributed by atoms with Crippen molar-refractivity contribution >= 4 is 21.4 Å². The largest absolute Gasteiger partial charge is 0.468 e. The van der Waals surface area contributed by atoms with Crippen LogP contribution in [0.4, 0.5) is 10.1 Å². The first-order valence-corrected chi connectivity index (χ1v) is 9.92. The lowest BCUT2D eigenvalue weighted by atomic mass is 10.1. The van der Waals surface area contributed by atoms with Crippen molar-refractivity contribution in [2.75, 3.05) is 4.90 Å². The molecule has 7 heteroatoms. The number of halogens is 1. The fraction of sp³-hybridized carbons (Fsp3) is 0.150. The molecule has 2 heterocycles. The van der Waals surface area contributed by atoms with E-state index in [2.05, 4.69) is 0 Å². The van der Waals surface area contributed by atoms with Crippen LogP contribution >= 0.6 is 0 Å². The number of carbonyl (C=O) groups is 1. The number of hydrogen-bond donors (Lipinski definition) is 0. The van der Waals surface area contributed by atoms with Crippen molar-refractivity contribution in [1.29, 1.82) is 0 Å². The van der Waals surface area contributed by atoms with Crippen LogP contribution < -0.4 is 4.90 Å². The third-order valence-electron chi connectivity index (χ3n) is 4.59. The van der Waals surface area contributed by atoms with Gasteiger partial charge < -0.3 is 9.32 Å². The van der Waals surface area contributed by atoms with E-state index in [0.29, 0.717) is 11.3 Å². The van der Waals surface area contributed by atoms with Crippen LogP contribution in [0.1, 0.15) is 23.0 Å². The summed E-state index contributed by atoms with van der Waals surface area (Å²) in [5.41, 5.74) is 0.868. The van der Waals surface area contributed by atoms with E-state index < -0.39 is 20.9 Å². The summed E-state index contributed by atoms with van der Waals surface area (Å²) in [5.74, 6) is -0.552. The Balaban J connectivity index is 1.84. The number of furan rings is 1. The van der Waals surface area contributed by atoms with Gasteiger partial charge in [-0.15, -0.1) is 0 Å². The van der Waals surface area contributed by atoms with E-state index in [1.54, 1.807) is 42.5 Å². The lowest BCUT2D eigenvalue weighted by Gasteiger charge is -2.22. The van der Waals surface area contributed by atoms with Gasteiger partial charge in [-0.2, -0.15) is 0 Å². The molecule has 27 heavy (non-hydrogen) atoms. The van der Waals surface area contributed by atoms with E-state index >= 15 is 0 Å². The van der Waals surface area contributed by atoms with Crippen molar-refractivity contribution in [2.24, 2.45) is 0 Å². The molecule has 0 saturated heterocycles. The molecule has 0 bridgehead atoms. The molecular weight excluding hydrogens is 369 g/mol. The zero-order valence-electron chi connectivity index (χ0n) is 14.2. The SMILES string of the molecule is O=C1CC(c2ccco2)S(=O)(=O)c2ccccc2N1Cc1cccc(F)c1. The summed E-state index contributed by atoms with van der Waals surface area (Å²) < 4.78 is 45.3. The first-order valence-electron chi connectivity index (χ1n) is 8.38. The maximum atomic E-state index is 13.6. The molecule has 4 rings (SSSR count). The molecule has 138 valence electrons. The van der Waals surface area contributed by atoms with Crippen LogP contribution in [0.2, 0.25) is 0 Å². The number of nitrogens with zero attached hydrogens (tertiary/aromatic N) is 1. The van der Waals surface area contributed by atoms with Gasteiger partial charge in [0.2, 0.25) is 5.91 Å². The van der Waals surface area contributed by atoms with E-state index in [4.69, 9.17) is 4.42 Å². The number of amides is 1. The number of benzene rings is 2. The first kappa shape index (κ1) is 17.5. The highest BCUT2D eigenvalue weighted by molar-refractivity contribution is 7.91. The second-order valence-corrected chi connectivity index (χ2v) is 8.43. The Kier molecular flexibility index (Phi) is 4.31. The van der Waals surface area contributed by atoms with E-state index in [1.165, 1.54) is 29.4 Å². The average molecular weight is 385 g/mol. The molecule has 0 spiro atoms. The lowest BCUT2D eigenvalue weighted by Crippen LogP contribution is -2.30. The van der Waals surface area contributed by atoms with Crippen LogP contribution in [-0.2, 0) is 21.2 Å². The second-order valence-electron chi connectivity index (χ2n) is 6.33. The molecule has 1 unspecified atom stereocenters. The Bertz CT molecular complexity index is 1090. The van der Waals surface area contributed by atoms with Gasteiger partial charge in [-0.1, -0.05) is 24.3 Å². The summed E-state index contributed by atoms with van der Waals surface area (Å²) >= 11 is 0. The smallest absolute Gasteiger partial charge is 0.229 e. The van der Waals surface area contributed by atoms with Crippen LogP contribution in [0.5, 0.6) is 0 Å². The van der Waals surface area contributed by atoms with Gasteiger partial charge in [0.05, 0.1) is 29.8 Å². The van der Waals surface area contributed by atoms with Gasteiger partial charge in [0, 0.05) is 0 Å². The molecule has 1 amide bonds. The summed E-state index contributed by atoms with van der Waals surface area (Å²) in [6, 6.07) is 15.4. The maximum absolute atomic E-state index is 13.6. The van der Waals surface area contributed by atoms with Crippen LogP contribution in [0, 0.1) is 5.82 Å². The van der Waals surface area contributed by atoms with Crippen molar-refractivity contribution in [3.8, 4) is 0 Å². The molecular formula is C20H16FNO4S. The first-order chi connectivity index (χ1) is 13.0. The quantitative estimate of drug-likeness (QED) is 0.686. The Morgan fingerprint density at radius 2 is 1.89 bits per heavy atom. The van der Waals surface area contributed by atoms with E-state index in [1.807, 2.05) is 0 Å². The monoisotopic (exact) mass is 385 g/mol. The number of rotatable bonds is 3. The van der Waals surface area contributed by atoms with Crippen LogP contribution in [0.3, 0.4) is 0 Å². The minimum absolute atomic E-state index is 0.0636. The molecule has 0 fully saturated rings. The third-order valence-corrected chi connectivity index (χ3v) is 6.69. The van der Waals surface area contributed by atoms with Crippen LogP contribution in [-0.4, -0.2) is 14.3 Å². The topological polar surface area (TPSA) is 67.6 Å². The number of fused-ring (bicyclic) bond motifs is 1. The molecule has 0 aliphatic carbocycles. The lowest BCUT2D eigenvalue weighted by molar-refractivity contribution is -0.118. The van der Waals surface area contributed by atoms with E-state index in [9.17, 15) is 17.6 Å². The Morgan fingerprint density at radius 3 is 2.63 bits per heavy atom. The number of sulfone groups is 1. The third kappa shape index (κ3) is 3.14. The van der Waals surface area contributed by atoms with Crippen molar-refractivity contribution in [1.82, 2.24) is 0 Å². The Morgan fingerprint density at radius 1 is 1.07 bits per heavy atom. The zero-order valence-corrected chi connectivity index (χ0v) is 15.0. The summed E-state index contributed by atoms with van der Waals surface area (Å²) in [4.78, 5) is 14.4. The molecule has 0 radical (unpaired) electrons. The molecule has 1 atom stereocenters. The highest BCUT2D eigenvalue weighted by Gasteiger charge is 2.40. The molecule has 5 nitrogen and oxygen atoms in total. The normalized spacial score (nSPS) is 18.8. The van der Waals surface area contributed by atoms with Gasteiger partial charge in [0.15, 0.2) is 9.84 Å². The molecule has 1 aliphatic heterocycles. The van der Waals surface area contributed by atoms with Crippen molar-refractivity contribution < 1.29 is 22.0 Å². The van der Waals surface area contributed by atoms with Gasteiger partial charge in [-0.05, 0) is 42.0 Å². The number of anilines is 1. The molecule has 2 aromatic carbocycles. The fourth-order valence-corrected chi connectivity index (χ4v) is 5.15. The molecule has 3 aromatic rings.